The number of rotatable bonds is 5. The molecule has 0 aliphatic rings. The maximum absolute atomic E-state index is 4.67. The van der Waals surface area contributed by atoms with Gasteiger partial charge in [-0.1, -0.05) is 18.2 Å². The topological polar surface area (TPSA) is 73.5 Å². The molecule has 0 spiro atoms. The Morgan fingerprint density at radius 3 is 2.59 bits per heavy atom. The van der Waals surface area contributed by atoms with Crippen molar-refractivity contribution < 1.29 is 0 Å². The fourth-order valence-corrected chi connectivity index (χ4v) is 4.50. The van der Waals surface area contributed by atoms with E-state index in [0.29, 0.717) is 0 Å². The Kier molecular flexibility index (Phi) is 4.80. The minimum Gasteiger partial charge on any atom is -0.373 e. The molecule has 0 radical (unpaired) electrons. The van der Waals surface area contributed by atoms with Crippen molar-refractivity contribution in [3.8, 4) is 11.1 Å². The fraction of sp³-hybridized carbons (Fsp3) is 0.111. The van der Waals surface area contributed by atoms with Gasteiger partial charge in [0.2, 0.25) is 0 Å². The van der Waals surface area contributed by atoms with Crippen LogP contribution in [-0.2, 0) is 14.1 Å². The van der Waals surface area contributed by atoms with E-state index < -0.39 is 0 Å². The number of nitrogens with zero attached hydrogens (tertiary/aromatic N) is 6. The lowest BCUT2D eigenvalue weighted by molar-refractivity contribution is 0.775. The van der Waals surface area contributed by atoms with Gasteiger partial charge in [0.15, 0.2) is 0 Å². The number of hydrogen-bond acceptors (Lipinski definition) is 5. The van der Waals surface area contributed by atoms with Crippen molar-refractivity contribution in [3.63, 3.8) is 0 Å². The Bertz CT molecular complexity index is 1610. The Morgan fingerprint density at radius 2 is 1.76 bits per heavy atom. The summed E-state index contributed by atoms with van der Waals surface area (Å²) in [5.41, 5.74) is 8.06. The lowest BCUT2D eigenvalue weighted by Crippen LogP contribution is -2.16. The molecule has 7 nitrogen and oxygen atoms in total. The van der Waals surface area contributed by atoms with Crippen LogP contribution in [0.1, 0.15) is 17.3 Å². The number of aryl methyl sites for hydroxylation is 2. The molecule has 0 fully saturated rings. The predicted molar refractivity (Wildman–Crippen MR) is 134 cm³/mol. The number of imidazole rings is 1. The summed E-state index contributed by atoms with van der Waals surface area (Å²) in [6, 6.07) is 16.7. The molecule has 1 atom stereocenters. The van der Waals surface area contributed by atoms with Crippen LogP contribution in [0.15, 0.2) is 92.0 Å². The normalized spacial score (nSPS) is 12.3. The second kappa shape index (κ2) is 8.12. The minimum absolute atomic E-state index is 0.126. The summed E-state index contributed by atoms with van der Waals surface area (Å²) in [6.45, 7) is 0. The summed E-state index contributed by atoms with van der Waals surface area (Å²) in [7, 11) is 4.06. The van der Waals surface area contributed by atoms with Crippen molar-refractivity contribution in [2.75, 3.05) is 5.32 Å². The van der Waals surface area contributed by atoms with Crippen LogP contribution in [0, 0.1) is 0 Å². The fourth-order valence-electron chi connectivity index (χ4n) is 4.50. The van der Waals surface area contributed by atoms with E-state index in [0.717, 1.165) is 39.1 Å². The zero-order chi connectivity index (χ0) is 23.1. The Morgan fingerprint density at radius 1 is 0.853 bits per heavy atom. The number of pyridine rings is 1. The quantitative estimate of drug-likeness (QED) is 0.399. The van der Waals surface area contributed by atoms with Gasteiger partial charge in [0.25, 0.3) is 0 Å². The van der Waals surface area contributed by atoms with Gasteiger partial charge >= 0.3 is 0 Å². The molecule has 6 rings (SSSR count). The molecule has 7 heteroatoms. The number of benzene rings is 2. The molecule has 34 heavy (non-hydrogen) atoms. The monoisotopic (exact) mass is 445 g/mol. The van der Waals surface area contributed by atoms with Gasteiger partial charge in [0.05, 0.1) is 35.3 Å². The van der Waals surface area contributed by atoms with Gasteiger partial charge in [0.1, 0.15) is 0 Å². The Balaban J connectivity index is 1.51. The third-order valence-electron chi connectivity index (χ3n) is 6.25. The van der Waals surface area contributed by atoms with Gasteiger partial charge in [-0.05, 0) is 46.8 Å². The second-order valence-corrected chi connectivity index (χ2v) is 8.44. The molecule has 4 heterocycles. The molecule has 6 aromatic rings. The first kappa shape index (κ1) is 20.1. The van der Waals surface area contributed by atoms with Crippen molar-refractivity contribution in [1.29, 1.82) is 0 Å². The van der Waals surface area contributed by atoms with Crippen LogP contribution in [-0.4, -0.2) is 29.1 Å². The smallest absolute Gasteiger partial charge is 0.0966 e. The van der Waals surface area contributed by atoms with Crippen LogP contribution < -0.4 is 5.32 Å². The number of hydrogen-bond donors (Lipinski definition) is 1. The molecule has 0 aliphatic carbocycles. The lowest BCUT2D eigenvalue weighted by atomic mass is 10.0. The number of fused-ring (bicyclic) bond motifs is 2. The van der Waals surface area contributed by atoms with E-state index in [-0.39, 0.29) is 6.04 Å². The first-order valence-corrected chi connectivity index (χ1v) is 11.1. The van der Waals surface area contributed by atoms with Gasteiger partial charge in [-0.3, -0.25) is 15.0 Å². The third-order valence-corrected chi connectivity index (χ3v) is 6.25. The first-order valence-electron chi connectivity index (χ1n) is 11.1. The SMILES string of the molecule is Cn1cncc1C(Nc1cc(-c2ccc3ccn(C)c3c2)c2nccnc2c1)c1cccnc1. The van der Waals surface area contributed by atoms with Crippen LogP contribution in [0.25, 0.3) is 33.1 Å². The first-order chi connectivity index (χ1) is 16.7. The predicted octanol–water partition coefficient (Wildman–Crippen LogP) is 5.12. The van der Waals surface area contributed by atoms with E-state index in [4.69, 9.17) is 0 Å². The highest BCUT2D eigenvalue weighted by Gasteiger charge is 2.19. The molecule has 0 saturated carbocycles. The van der Waals surface area contributed by atoms with Crippen LogP contribution in [0.4, 0.5) is 5.69 Å². The van der Waals surface area contributed by atoms with E-state index in [1.165, 1.54) is 10.9 Å². The van der Waals surface area contributed by atoms with Crippen molar-refractivity contribution in [2.45, 2.75) is 6.04 Å². The molecule has 0 amide bonds. The molecule has 4 aromatic heterocycles. The van der Waals surface area contributed by atoms with E-state index in [2.05, 4.69) is 79.5 Å². The molecule has 0 saturated heterocycles. The summed E-state index contributed by atoms with van der Waals surface area (Å²) in [5, 5.41) is 4.92. The Hall–Kier alpha value is -4.52. The van der Waals surface area contributed by atoms with E-state index >= 15 is 0 Å². The maximum Gasteiger partial charge on any atom is 0.0966 e. The highest BCUT2D eigenvalue weighted by Crippen LogP contribution is 2.34. The molecule has 1 unspecified atom stereocenters. The summed E-state index contributed by atoms with van der Waals surface area (Å²) >= 11 is 0. The second-order valence-electron chi connectivity index (χ2n) is 8.44. The van der Waals surface area contributed by atoms with Crippen LogP contribution in [0.2, 0.25) is 0 Å². The summed E-state index contributed by atoms with van der Waals surface area (Å²) < 4.78 is 4.16. The number of aromatic nitrogens is 6. The summed E-state index contributed by atoms with van der Waals surface area (Å²) in [6.07, 6.45) is 12.9. The molecule has 1 N–H and O–H groups in total. The van der Waals surface area contributed by atoms with Gasteiger partial charge in [-0.15, -0.1) is 0 Å². The zero-order valence-electron chi connectivity index (χ0n) is 18.9. The minimum atomic E-state index is -0.126. The molecule has 166 valence electrons. The van der Waals surface area contributed by atoms with E-state index in [1.807, 2.05) is 42.5 Å². The van der Waals surface area contributed by atoms with E-state index in [9.17, 15) is 0 Å². The van der Waals surface area contributed by atoms with Gasteiger partial charge in [0, 0.05) is 61.8 Å². The van der Waals surface area contributed by atoms with Crippen LogP contribution >= 0.6 is 0 Å². The van der Waals surface area contributed by atoms with Crippen LogP contribution in [0.5, 0.6) is 0 Å². The third kappa shape index (κ3) is 3.47. The van der Waals surface area contributed by atoms with Crippen molar-refractivity contribution in [1.82, 2.24) is 29.1 Å². The molecule has 0 aliphatic heterocycles. The lowest BCUT2D eigenvalue weighted by Gasteiger charge is -2.21. The van der Waals surface area contributed by atoms with Crippen molar-refractivity contribution in [3.05, 3.63) is 103 Å². The van der Waals surface area contributed by atoms with Gasteiger partial charge in [-0.2, -0.15) is 0 Å². The zero-order valence-corrected chi connectivity index (χ0v) is 18.9. The maximum atomic E-state index is 4.67. The highest BCUT2D eigenvalue weighted by molar-refractivity contribution is 5.97. The van der Waals surface area contributed by atoms with Crippen LogP contribution in [0.3, 0.4) is 0 Å². The summed E-state index contributed by atoms with van der Waals surface area (Å²) in [5.74, 6) is 0. The standard InChI is InChI=1S/C27H23N7/c1-33-11-7-18-5-6-19(12-24(18)33)22-13-21(14-23-27(22)31-10-9-30-23)32-26(20-4-3-8-28-15-20)25-16-29-17-34(25)2/h3-17,26,32H,1-2H3. The number of nitrogens with one attached hydrogen (secondary N) is 1. The van der Waals surface area contributed by atoms with E-state index in [1.54, 1.807) is 18.6 Å². The number of anilines is 1. The van der Waals surface area contributed by atoms with Gasteiger partial charge < -0.3 is 14.5 Å². The van der Waals surface area contributed by atoms with Gasteiger partial charge in [-0.25, -0.2) is 4.98 Å². The van der Waals surface area contributed by atoms with Crippen molar-refractivity contribution >= 4 is 27.6 Å². The highest BCUT2D eigenvalue weighted by atomic mass is 15.1. The molecule has 2 aromatic carbocycles. The summed E-state index contributed by atoms with van der Waals surface area (Å²) in [4.78, 5) is 18.0. The Labute approximate surface area is 196 Å². The molecular weight excluding hydrogens is 422 g/mol. The average molecular weight is 446 g/mol. The molecule has 0 bridgehead atoms. The van der Waals surface area contributed by atoms with Crippen molar-refractivity contribution in [2.24, 2.45) is 14.1 Å². The average Bonchev–Trinajstić information content (AvgIpc) is 3.47. The largest absolute Gasteiger partial charge is 0.373 e. The molecular formula is C27H23N7.